The number of hydrogen-bond donors (Lipinski definition) is 2. The van der Waals surface area contributed by atoms with Gasteiger partial charge in [-0.2, -0.15) is 0 Å². The molecule has 1 aromatic rings. The molecular formula is C16H26N4O. The fraction of sp³-hybridized carbons (Fsp3) is 0.625. The number of nitrogens with one attached hydrogen (secondary N) is 2. The molecule has 0 saturated carbocycles. The van der Waals surface area contributed by atoms with Gasteiger partial charge in [0.25, 0.3) is 5.91 Å². The van der Waals surface area contributed by atoms with Crippen molar-refractivity contribution in [3.63, 3.8) is 0 Å². The molecule has 5 nitrogen and oxygen atoms in total. The van der Waals surface area contributed by atoms with Gasteiger partial charge in [0.15, 0.2) is 0 Å². The Bertz CT molecular complexity index is 453. The van der Waals surface area contributed by atoms with E-state index in [0.717, 1.165) is 25.2 Å². The summed E-state index contributed by atoms with van der Waals surface area (Å²) in [4.78, 5) is 18.3. The zero-order valence-electron chi connectivity index (χ0n) is 13.1. The summed E-state index contributed by atoms with van der Waals surface area (Å²) < 4.78 is 0. The van der Waals surface area contributed by atoms with Crippen LogP contribution >= 0.6 is 0 Å². The second kappa shape index (κ2) is 7.98. The Hall–Kier alpha value is -1.62. The summed E-state index contributed by atoms with van der Waals surface area (Å²) in [6.45, 7) is 7.45. The number of amides is 1. The maximum Gasteiger partial charge on any atom is 0.272 e. The predicted molar refractivity (Wildman–Crippen MR) is 85.6 cm³/mol. The van der Waals surface area contributed by atoms with Crippen LogP contribution in [0.1, 0.15) is 43.6 Å². The number of carbonyl (C=O) groups is 1. The summed E-state index contributed by atoms with van der Waals surface area (Å²) >= 11 is 0. The minimum atomic E-state index is 0.00103. The van der Waals surface area contributed by atoms with E-state index >= 15 is 0 Å². The molecule has 1 fully saturated rings. The lowest BCUT2D eigenvalue weighted by Crippen LogP contribution is -2.31. The monoisotopic (exact) mass is 290 g/mol. The molecule has 0 unspecified atom stereocenters. The molecule has 1 aliphatic heterocycles. The average molecular weight is 290 g/mol. The molecule has 0 aromatic carbocycles. The predicted octanol–water partition coefficient (Wildman–Crippen LogP) is 2.12. The van der Waals surface area contributed by atoms with Crippen molar-refractivity contribution in [3.8, 4) is 0 Å². The number of hydrogen-bond acceptors (Lipinski definition) is 4. The summed E-state index contributed by atoms with van der Waals surface area (Å²) in [5.41, 5.74) is 1.49. The molecule has 0 spiro atoms. The van der Waals surface area contributed by atoms with E-state index < -0.39 is 0 Å². The molecule has 5 heteroatoms. The fourth-order valence-electron chi connectivity index (χ4n) is 2.72. The quantitative estimate of drug-likeness (QED) is 0.807. The normalized spacial score (nSPS) is 17.7. The first-order valence-electron chi connectivity index (χ1n) is 7.97. The lowest BCUT2D eigenvalue weighted by Gasteiger charge is -2.18. The second-order valence-corrected chi connectivity index (χ2v) is 5.42. The summed E-state index contributed by atoms with van der Waals surface area (Å²) in [5, 5.41) is 6.88. The number of nitrogens with zero attached hydrogens (tertiary/aromatic N) is 2. The number of anilines is 1. The molecule has 0 radical (unpaired) electrons. The Balaban J connectivity index is 1.89. The molecule has 1 aromatic heterocycles. The van der Waals surface area contributed by atoms with Crippen molar-refractivity contribution < 1.29 is 4.79 Å². The minimum Gasteiger partial charge on any atom is -0.385 e. The lowest BCUT2D eigenvalue weighted by molar-refractivity contribution is 0.0767. The zero-order valence-corrected chi connectivity index (χ0v) is 13.1. The van der Waals surface area contributed by atoms with Crippen molar-refractivity contribution in [2.75, 3.05) is 31.5 Å². The van der Waals surface area contributed by atoms with Gasteiger partial charge < -0.3 is 15.5 Å². The third kappa shape index (κ3) is 4.43. The van der Waals surface area contributed by atoms with Crippen LogP contribution in [0.25, 0.3) is 0 Å². The standard InChI is InChI=1S/C16H26N4O/c1-3-20(4-2)16(21)15-12-14(8-11-19-15)18-10-7-13-6-5-9-17-13/h8,11-13,17H,3-7,9-10H2,1-2H3,(H,18,19)/t13-/m0/s1. The molecule has 116 valence electrons. The smallest absolute Gasteiger partial charge is 0.272 e. The van der Waals surface area contributed by atoms with Crippen LogP contribution in [-0.2, 0) is 0 Å². The van der Waals surface area contributed by atoms with E-state index in [-0.39, 0.29) is 5.91 Å². The highest BCUT2D eigenvalue weighted by atomic mass is 16.2. The number of pyridine rings is 1. The van der Waals surface area contributed by atoms with Crippen molar-refractivity contribution in [1.82, 2.24) is 15.2 Å². The van der Waals surface area contributed by atoms with Crippen LogP contribution in [0.4, 0.5) is 5.69 Å². The van der Waals surface area contributed by atoms with Gasteiger partial charge in [-0.15, -0.1) is 0 Å². The van der Waals surface area contributed by atoms with Crippen LogP contribution < -0.4 is 10.6 Å². The molecule has 2 rings (SSSR count). The first-order valence-corrected chi connectivity index (χ1v) is 7.97. The summed E-state index contributed by atoms with van der Waals surface area (Å²) in [6.07, 6.45) is 5.36. The number of rotatable bonds is 7. The SMILES string of the molecule is CCN(CC)C(=O)c1cc(NCC[C@@H]2CCCN2)ccn1. The third-order valence-electron chi connectivity index (χ3n) is 4.01. The maximum absolute atomic E-state index is 12.3. The Morgan fingerprint density at radius 3 is 2.95 bits per heavy atom. The van der Waals surface area contributed by atoms with E-state index in [2.05, 4.69) is 15.6 Å². The van der Waals surface area contributed by atoms with E-state index in [4.69, 9.17) is 0 Å². The van der Waals surface area contributed by atoms with Crippen LogP contribution in [0.15, 0.2) is 18.3 Å². The van der Waals surface area contributed by atoms with Crippen LogP contribution in [0.3, 0.4) is 0 Å². The second-order valence-electron chi connectivity index (χ2n) is 5.42. The summed E-state index contributed by atoms with van der Waals surface area (Å²) in [7, 11) is 0. The Labute approximate surface area is 127 Å². The van der Waals surface area contributed by atoms with Gasteiger partial charge >= 0.3 is 0 Å². The topological polar surface area (TPSA) is 57.3 Å². The maximum atomic E-state index is 12.3. The summed E-state index contributed by atoms with van der Waals surface area (Å²) in [6, 6.07) is 4.40. The highest BCUT2D eigenvalue weighted by Gasteiger charge is 2.15. The zero-order chi connectivity index (χ0) is 15.1. The van der Waals surface area contributed by atoms with Gasteiger partial charge in [0.1, 0.15) is 5.69 Å². The largest absolute Gasteiger partial charge is 0.385 e. The van der Waals surface area contributed by atoms with Crippen LogP contribution in [-0.4, -0.2) is 48.0 Å². The van der Waals surface area contributed by atoms with Crippen molar-refractivity contribution in [2.45, 2.75) is 39.2 Å². The number of carbonyl (C=O) groups excluding carboxylic acids is 1. The van der Waals surface area contributed by atoms with Gasteiger partial charge in [-0.05, 0) is 51.8 Å². The fourth-order valence-corrected chi connectivity index (χ4v) is 2.72. The van der Waals surface area contributed by atoms with Gasteiger partial charge in [0.05, 0.1) is 0 Å². The van der Waals surface area contributed by atoms with Gasteiger partial charge in [0.2, 0.25) is 0 Å². The van der Waals surface area contributed by atoms with Gasteiger partial charge in [-0.25, -0.2) is 0 Å². The highest BCUT2D eigenvalue weighted by Crippen LogP contribution is 2.12. The molecule has 2 N–H and O–H groups in total. The molecule has 0 aliphatic carbocycles. The summed E-state index contributed by atoms with van der Waals surface area (Å²) in [5.74, 6) is 0.00103. The van der Waals surface area contributed by atoms with Crippen molar-refractivity contribution in [3.05, 3.63) is 24.0 Å². The molecule has 1 amide bonds. The minimum absolute atomic E-state index is 0.00103. The van der Waals surface area contributed by atoms with E-state index in [1.54, 1.807) is 11.1 Å². The molecule has 2 heterocycles. The Morgan fingerprint density at radius 1 is 1.48 bits per heavy atom. The third-order valence-corrected chi connectivity index (χ3v) is 4.01. The molecule has 1 aliphatic rings. The van der Waals surface area contributed by atoms with Gasteiger partial charge in [-0.1, -0.05) is 0 Å². The van der Waals surface area contributed by atoms with E-state index in [1.165, 1.54) is 12.8 Å². The van der Waals surface area contributed by atoms with Crippen molar-refractivity contribution >= 4 is 11.6 Å². The van der Waals surface area contributed by atoms with Gasteiger partial charge in [0, 0.05) is 37.6 Å². The van der Waals surface area contributed by atoms with Crippen molar-refractivity contribution in [1.29, 1.82) is 0 Å². The number of aromatic nitrogens is 1. The molecular weight excluding hydrogens is 264 g/mol. The molecule has 0 bridgehead atoms. The lowest BCUT2D eigenvalue weighted by atomic mass is 10.1. The van der Waals surface area contributed by atoms with E-state index in [1.807, 2.05) is 26.0 Å². The van der Waals surface area contributed by atoms with Crippen LogP contribution in [0.5, 0.6) is 0 Å². The molecule has 1 saturated heterocycles. The first-order chi connectivity index (χ1) is 10.2. The van der Waals surface area contributed by atoms with Gasteiger partial charge in [-0.3, -0.25) is 9.78 Å². The first kappa shape index (κ1) is 15.8. The highest BCUT2D eigenvalue weighted by molar-refractivity contribution is 5.93. The Kier molecular flexibility index (Phi) is 5.99. The Morgan fingerprint density at radius 2 is 2.29 bits per heavy atom. The molecule has 1 atom stereocenters. The van der Waals surface area contributed by atoms with Crippen molar-refractivity contribution in [2.24, 2.45) is 0 Å². The van der Waals surface area contributed by atoms with Crippen LogP contribution in [0, 0.1) is 0 Å². The van der Waals surface area contributed by atoms with Crippen LogP contribution in [0.2, 0.25) is 0 Å². The average Bonchev–Trinajstić information content (AvgIpc) is 3.02. The molecule has 21 heavy (non-hydrogen) atoms. The van der Waals surface area contributed by atoms with E-state index in [9.17, 15) is 4.79 Å². The van der Waals surface area contributed by atoms with E-state index in [0.29, 0.717) is 24.8 Å².